The van der Waals surface area contributed by atoms with Crippen molar-refractivity contribution in [3.05, 3.63) is 28.3 Å². The number of ether oxygens (including phenoxy) is 1. The Morgan fingerprint density at radius 3 is 3.14 bits per heavy atom. The van der Waals surface area contributed by atoms with E-state index in [1.54, 1.807) is 24.2 Å². The summed E-state index contributed by atoms with van der Waals surface area (Å²) in [5.41, 5.74) is 6.05. The number of aromatic nitrogens is 3. The molecule has 3 aliphatic rings. The molecule has 8 nitrogen and oxygen atoms in total. The average Bonchev–Trinajstić information content (AvgIpc) is 3.21. The van der Waals surface area contributed by atoms with Crippen molar-refractivity contribution in [1.29, 1.82) is 0 Å². The molecule has 2 aromatic heterocycles. The van der Waals surface area contributed by atoms with Gasteiger partial charge in [-0.2, -0.15) is 5.10 Å². The Hall–Kier alpha value is -1.91. The van der Waals surface area contributed by atoms with Crippen molar-refractivity contribution in [2.45, 2.75) is 43.9 Å². The zero-order chi connectivity index (χ0) is 19.3. The highest BCUT2D eigenvalue weighted by Crippen LogP contribution is 2.47. The van der Waals surface area contributed by atoms with Gasteiger partial charge in [0.15, 0.2) is 5.17 Å². The number of nitrogens with zero attached hydrogens (tertiary/aromatic N) is 4. The van der Waals surface area contributed by atoms with Gasteiger partial charge in [0.2, 0.25) is 0 Å². The normalized spacial score (nSPS) is 29.8. The maximum atomic E-state index is 12.6. The summed E-state index contributed by atoms with van der Waals surface area (Å²) in [7, 11) is 0. The number of nitrogens with two attached hydrogens (primary N) is 1. The number of rotatable bonds is 4. The number of amides is 1. The lowest BCUT2D eigenvalue weighted by Crippen LogP contribution is -2.49. The maximum Gasteiger partial charge on any atom is 0.260 e. The minimum absolute atomic E-state index is 0.200. The molecule has 0 radical (unpaired) electrons. The monoisotopic (exact) mass is 418 g/mol. The molecule has 28 heavy (non-hydrogen) atoms. The third-order valence-corrected chi connectivity index (χ3v) is 7.49. The number of nitrogens with one attached hydrogen (secondary N) is 1. The van der Waals surface area contributed by atoms with Crippen LogP contribution >= 0.6 is 23.1 Å². The molecule has 2 aliphatic heterocycles. The van der Waals surface area contributed by atoms with Crippen LogP contribution in [0, 0.1) is 5.92 Å². The first-order chi connectivity index (χ1) is 13.5. The molecule has 10 heteroatoms. The number of amidine groups is 1. The number of hydrogen-bond donors (Lipinski definition) is 2. The molecule has 1 saturated carbocycles. The van der Waals surface area contributed by atoms with E-state index in [0.717, 1.165) is 30.0 Å². The second-order valence-electron chi connectivity index (χ2n) is 7.67. The van der Waals surface area contributed by atoms with Crippen LogP contribution < -0.4 is 11.1 Å². The summed E-state index contributed by atoms with van der Waals surface area (Å²) in [4.78, 5) is 22.0. The van der Waals surface area contributed by atoms with Gasteiger partial charge in [-0.15, -0.1) is 11.3 Å². The molecule has 0 bridgehead atoms. The predicted molar refractivity (Wildman–Crippen MR) is 110 cm³/mol. The van der Waals surface area contributed by atoms with Crippen LogP contribution in [0.5, 0.6) is 0 Å². The molecule has 148 valence electrons. The standard InChI is InChI=1S/C18H22N6O2S2/c1-10-4-12-7-28-17(19)23-18(12,9-26-10)16-22-14(8-27-16)21-15(25)11-5-20-24(6-11)13-2-3-13/h5-6,8,10,12-13H,2-4,7,9H2,1H3,(H2,19,23)(H,21,25). The van der Waals surface area contributed by atoms with E-state index < -0.39 is 5.54 Å². The number of carbonyl (C=O) groups is 1. The van der Waals surface area contributed by atoms with Gasteiger partial charge in [-0.1, -0.05) is 11.8 Å². The van der Waals surface area contributed by atoms with Crippen molar-refractivity contribution in [1.82, 2.24) is 14.8 Å². The van der Waals surface area contributed by atoms with Crippen LogP contribution in [-0.4, -0.2) is 44.3 Å². The van der Waals surface area contributed by atoms with Gasteiger partial charge in [0, 0.05) is 23.2 Å². The largest absolute Gasteiger partial charge is 0.379 e. The van der Waals surface area contributed by atoms with Gasteiger partial charge in [-0.25, -0.2) is 9.98 Å². The Labute approximate surface area is 171 Å². The highest BCUT2D eigenvalue weighted by atomic mass is 32.2. The number of thiazole rings is 1. The fourth-order valence-electron chi connectivity index (χ4n) is 3.79. The third-order valence-electron chi connectivity index (χ3n) is 5.52. The Bertz CT molecular complexity index is 936. The van der Waals surface area contributed by atoms with E-state index in [1.807, 2.05) is 10.1 Å². The van der Waals surface area contributed by atoms with Crippen LogP contribution in [-0.2, 0) is 10.3 Å². The Morgan fingerprint density at radius 1 is 1.46 bits per heavy atom. The summed E-state index contributed by atoms with van der Waals surface area (Å²) < 4.78 is 7.80. The fraction of sp³-hybridized carbons (Fsp3) is 0.556. The summed E-state index contributed by atoms with van der Waals surface area (Å²) in [6, 6.07) is 0.449. The van der Waals surface area contributed by atoms with Gasteiger partial charge < -0.3 is 15.8 Å². The second-order valence-corrected chi connectivity index (χ2v) is 9.57. The summed E-state index contributed by atoms with van der Waals surface area (Å²) in [6.07, 6.45) is 6.79. The second kappa shape index (κ2) is 6.85. The SMILES string of the molecule is CC1CC2CSC(N)=NC2(c2nc(NC(=O)c3cnn(C4CC4)c3)cs2)CO1. The lowest BCUT2D eigenvalue weighted by Gasteiger charge is -2.44. The summed E-state index contributed by atoms with van der Waals surface area (Å²) >= 11 is 3.09. The van der Waals surface area contributed by atoms with Crippen molar-refractivity contribution in [2.24, 2.45) is 16.6 Å². The first-order valence-corrected chi connectivity index (χ1v) is 11.3. The number of anilines is 1. The van der Waals surface area contributed by atoms with Crippen LogP contribution in [0.1, 0.15) is 47.6 Å². The minimum atomic E-state index is -0.549. The molecule has 3 N–H and O–H groups in total. The Balaban J connectivity index is 1.37. The molecule has 1 amide bonds. The molecule has 1 saturated heterocycles. The van der Waals surface area contributed by atoms with E-state index in [1.165, 1.54) is 11.3 Å². The van der Waals surface area contributed by atoms with Crippen LogP contribution in [0.3, 0.4) is 0 Å². The zero-order valence-electron chi connectivity index (χ0n) is 15.5. The fourth-order valence-corrected chi connectivity index (χ4v) is 5.76. The van der Waals surface area contributed by atoms with Crippen molar-refractivity contribution in [3.8, 4) is 0 Å². The highest BCUT2D eigenvalue weighted by molar-refractivity contribution is 8.13. The highest BCUT2D eigenvalue weighted by Gasteiger charge is 2.49. The third kappa shape index (κ3) is 3.23. The molecule has 5 rings (SSSR count). The number of carbonyl (C=O) groups excluding carboxylic acids is 1. The van der Waals surface area contributed by atoms with E-state index in [4.69, 9.17) is 20.4 Å². The van der Waals surface area contributed by atoms with Gasteiger partial charge in [-0.05, 0) is 26.2 Å². The first kappa shape index (κ1) is 18.1. The number of aliphatic imine (C=N–C) groups is 1. The van der Waals surface area contributed by atoms with Crippen LogP contribution in [0.15, 0.2) is 22.8 Å². The Kier molecular flexibility index (Phi) is 4.44. The maximum absolute atomic E-state index is 12.6. The van der Waals surface area contributed by atoms with Crippen LogP contribution in [0.2, 0.25) is 0 Å². The summed E-state index contributed by atoms with van der Waals surface area (Å²) in [6.45, 7) is 2.56. The summed E-state index contributed by atoms with van der Waals surface area (Å²) in [5.74, 6) is 1.56. The van der Waals surface area contributed by atoms with E-state index in [2.05, 4.69) is 17.3 Å². The van der Waals surface area contributed by atoms with Crippen LogP contribution in [0.25, 0.3) is 0 Å². The van der Waals surface area contributed by atoms with Gasteiger partial charge in [-0.3, -0.25) is 9.48 Å². The van der Waals surface area contributed by atoms with E-state index in [9.17, 15) is 4.79 Å². The van der Waals surface area contributed by atoms with Gasteiger partial charge in [0.1, 0.15) is 16.4 Å². The van der Waals surface area contributed by atoms with Crippen molar-refractivity contribution < 1.29 is 9.53 Å². The molecular weight excluding hydrogens is 396 g/mol. The molecule has 4 heterocycles. The van der Waals surface area contributed by atoms with Gasteiger partial charge >= 0.3 is 0 Å². The molecule has 3 atom stereocenters. The topological polar surface area (TPSA) is 107 Å². The van der Waals surface area contributed by atoms with E-state index in [-0.39, 0.29) is 12.0 Å². The molecule has 3 unspecified atom stereocenters. The number of fused-ring (bicyclic) bond motifs is 1. The molecule has 2 fully saturated rings. The summed E-state index contributed by atoms with van der Waals surface area (Å²) in [5, 5.41) is 10.4. The zero-order valence-corrected chi connectivity index (χ0v) is 17.1. The molecular formula is C18H22N6O2S2. The first-order valence-electron chi connectivity index (χ1n) is 9.45. The number of thioether (sulfide) groups is 1. The van der Waals surface area contributed by atoms with Crippen molar-refractivity contribution >= 4 is 40.0 Å². The van der Waals surface area contributed by atoms with Gasteiger partial charge in [0.05, 0.1) is 30.5 Å². The molecule has 0 spiro atoms. The lowest BCUT2D eigenvalue weighted by molar-refractivity contribution is -0.0466. The smallest absolute Gasteiger partial charge is 0.260 e. The quantitative estimate of drug-likeness (QED) is 0.790. The molecule has 0 aromatic carbocycles. The van der Waals surface area contributed by atoms with Gasteiger partial charge in [0.25, 0.3) is 5.91 Å². The van der Waals surface area contributed by atoms with Crippen molar-refractivity contribution in [3.63, 3.8) is 0 Å². The van der Waals surface area contributed by atoms with E-state index in [0.29, 0.717) is 35.1 Å². The average molecular weight is 419 g/mol. The van der Waals surface area contributed by atoms with Crippen molar-refractivity contribution in [2.75, 3.05) is 17.7 Å². The molecule has 1 aliphatic carbocycles. The van der Waals surface area contributed by atoms with E-state index >= 15 is 0 Å². The predicted octanol–water partition coefficient (Wildman–Crippen LogP) is 2.61. The lowest BCUT2D eigenvalue weighted by atomic mass is 9.80. The minimum Gasteiger partial charge on any atom is -0.379 e. The molecule has 2 aromatic rings. The Morgan fingerprint density at radius 2 is 2.32 bits per heavy atom. The number of hydrogen-bond acceptors (Lipinski definition) is 8. The van der Waals surface area contributed by atoms with Crippen LogP contribution in [0.4, 0.5) is 5.82 Å².